The molecule has 2 aromatic carbocycles. The van der Waals surface area contributed by atoms with E-state index in [2.05, 4.69) is 22.8 Å². The zero-order valence-corrected chi connectivity index (χ0v) is 22.5. The van der Waals surface area contributed by atoms with Crippen molar-refractivity contribution in [3.8, 4) is 0 Å². The Morgan fingerprint density at radius 3 is 1.53 bits per heavy atom. The molecule has 0 aliphatic heterocycles. The van der Waals surface area contributed by atoms with Gasteiger partial charge < -0.3 is 39.9 Å². The van der Waals surface area contributed by atoms with Crippen molar-refractivity contribution >= 4 is 22.9 Å². The fraction of sp³-hybridized carbons (Fsp3) is 0.364. The summed E-state index contributed by atoms with van der Waals surface area (Å²) in [4.78, 5) is 27.0. The molecule has 0 amide bonds. The van der Waals surface area contributed by atoms with Crippen LogP contribution in [-0.2, 0) is 65.4 Å². The smallest absolute Gasteiger partial charge is 0.0954 e. The van der Waals surface area contributed by atoms with Gasteiger partial charge in [-0.05, 0) is 11.4 Å². The number of hydrogen-bond acceptors (Lipinski definition) is 6. The molecule has 2 N–H and O–H groups in total. The second-order valence-electron chi connectivity index (χ2n) is 6.72. The molecule has 10 heteroatoms. The molecule has 0 heterocycles. The largest absolute Gasteiger partial charge is 0.633 e. The number of ketones is 2. The summed E-state index contributed by atoms with van der Waals surface area (Å²) in [5.41, 5.74) is -0.787. The minimum absolute atomic E-state index is 0. The first-order chi connectivity index (χ1) is 19.0. The van der Waals surface area contributed by atoms with Gasteiger partial charge in [0.15, 0.2) is 0 Å². The Morgan fingerprint density at radius 2 is 1.19 bits per heavy atom. The average Bonchev–Trinajstić information content (AvgIpc) is 2.84. The normalized spacial score (nSPS) is 19.9. The van der Waals surface area contributed by atoms with Crippen LogP contribution in [0.3, 0.4) is 0 Å². The van der Waals surface area contributed by atoms with E-state index >= 15 is 0 Å². The Bertz CT molecular complexity index is 1250. The van der Waals surface area contributed by atoms with E-state index in [-0.39, 0.29) is 99.0 Å². The van der Waals surface area contributed by atoms with Gasteiger partial charge in [-0.2, -0.15) is 0 Å². The molecule has 0 bridgehead atoms. The molecule has 0 fully saturated rings. The first-order valence-corrected chi connectivity index (χ1v) is 8.83. The summed E-state index contributed by atoms with van der Waals surface area (Å²) in [6, 6.07) is 10.5. The van der Waals surface area contributed by atoms with E-state index in [1.807, 2.05) is 0 Å². The van der Waals surface area contributed by atoms with E-state index in [1.165, 1.54) is 24.3 Å². The predicted octanol–water partition coefficient (Wildman–Crippen LogP) is 2.03. The van der Waals surface area contributed by atoms with E-state index < -0.39 is 74.9 Å². The maximum atomic E-state index is 13.5. The zero-order chi connectivity index (χ0) is 32.1. The number of anilines is 2. The summed E-state index contributed by atoms with van der Waals surface area (Å²) in [7, 11) is 0. The quantitative estimate of drug-likeness (QED) is 0.233. The van der Waals surface area contributed by atoms with Crippen molar-refractivity contribution in [1.29, 1.82) is 0 Å². The van der Waals surface area contributed by atoms with Gasteiger partial charge in [0.05, 0.1) is 82.1 Å². The minimum Gasteiger partial charge on any atom is -0.633 e. The Balaban J connectivity index is 0.00000484. The van der Waals surface area contributed by atoms with Gasteiger partial charge in [-0.25, -0.2) is 0 Å². The first kappa shape index (κ1) is 15.4. The first-order valence-electron chi connectivity index (χ1n) is 14.8. The van der Waals surface area contributed by atoms with Gasteiger partial charge in [0.25, 0.3) is 0 Å². The third-order valence-corrected chi connectivity index (χ3v) is 4.39. The molecule has 0 atom stereocenters. The van der Waals surface area contributed by atoms with Crippen LogP contribution in [0.4, 0.5) is 11.4 Å². The Kier molecular flexibility index (Phi) is 5.65. The molecule has 0 saturated heterocycles. The van der Waals surface area contributed by atoms with E-state index in [0.717, 1.165) is 0 Å². The number of rotatable bonds is 8. The van der Waals surface area contributed by atoms with Crippen molar-refractivity contribution in [2.45, 2.75) is 0 Å². The van der Waals surface area contributed by atoms with Crippen molar-refractivity contribution in [1.82, 2.24) is 0 Å². The van der Waals surface area contributed by atoms with Crippen molar-refractivity contribution in [3.05, 3.63) is 69.1 Å². The number of hydroxylamine groups is 6. The fourth-order valence-electron chi connectivity index (χ4n) is 3.07. The van der Waals surface area contributed by atoms with Crippen molar-refractivity contribution in [3.63, 3.8) is 0 Å². The second kappa shape index (κ2) is 11.7. The molecule has 0 aromatic heterocycles. The summed E-state index contributed by atoms with van der Waals surface area (Å²) in [6.45, 7) is -16.5. The number of likely N-dealkylation sites (N-methyl/N-ethyl adjacent to an activating group) is 2. The van der Waals surface area contributed by atoms with Gasteiger partial charge in [-0.3, -0.25) is 0 Å². The predicted molar refractivity (Wildman–Crippen MR) is 115 cm³/mol. The van der Waals surface area contributed by atoms with Crippen molar-refractivity contribution < 1.29 is 101 Å². The molecule has 0 spiro atoms. The van der Waals surface area contributed by atoms with Crippen LogP contribution in [0.5, 0.6) is 0 Å². The summed E-state index contributed by atoms with van der Waals surface area (Å²) in [5, 5.41) is 30.8. The van der Waals surface area contributed by atoms with Crippen LogP contribution in [0.25, 0.3) is 0 Å². The number of quaternary nitrogens is 2. The summed E-state index contributed by atoms with van der Waals surface area (Å²) in [6.07, 6.45) is 0. The van der Waals surface area contributed by atoms with Gasteiger partial charge in [0, 0.05) is 65.4 Å². The average molecular weight is 600 g/mol. The molecule has 3 rings (SSSR count). The van der Waals surface area contributed by atoms with E-state index in [1.54, 1.807) is 0 Å². The molecule has 1 aliphatic rings. The number of nitrogens with zero attached hydrogens (tertiary/aromatic N) is 2. The number of hydrogen-bond donors (Lipinski definition) is 2. The standard InChI is InChI=1S/C22H26N4O4.2Y/c1-25(2,29)13-11-23-17-9-5-7-15-19(17)21(27)16-8-6-10-18(20(16)22(15)28)24-12-14-26(3,4)30;;/h5-6,9-10,23-24H,11-14H2,1-4H3;;/q-2;;/i1D3,2D3,3D3,4D3;;. The van der Waals surface area contributed by atoms with E-state index in [0.29, 0.717) is 0 Å². The van der Waals surface area contributed by atoms with Crippen LogP contribution in [0, 0.1) is 22.5 Å². The number of benzene rings is 2. The monoisotopic (exact) mass is 600 g/mol. The molecular weight excluding hydrogens is 562 g/mol. The number of nitrogens with one attached hydrogen (secondary N) is 2. The van der Waals surface area contributed by atoms with Crippen molar-refractivity contribution in [2.75, 3.05) is 64.7 Å². The number of fused-ring (bicyclic) bond motifs is 2. The van der Waals surface area contributed by atoms with Crippen LogP contribution >= 0.6 is 0 Å². The molecular formula is C22H26N4O4Y2-2. The maximum absolute atomic E-state index is 13.5. The molecule has 2 radical (unpaired) electrons. The SMILES string of the molecule is [2H]C([2H])([2H])[N+]([O-])(CCNc1cc[c-]c2c1C(=O)c1[c-]ccc(NCC[N+]([O-])(C([2H])([2H])[2H])C([2H])([2H])[2H])c1C2=O)C([2H])([2H])[2H].[Y].[Y]. The van der Waals surface area contributed by atoms with E-state index in [9.17, 15) is 20.0 Å². The fourth-order valence-corrected chi connectivity index (χ4v) is 3.07. The van der Waals surface area contributed by atoms with Crippen LogP contribution in [0.1, 0.15) is 48.3 Å². The third kappa shape index (κ3) is 7.21. The molecule has 0 unspecified atom stereocenters. The van der Waals surface area contributed by atoms with Gasteiger partial charge in [0.2, 0.25) is 0 Å². The van der Waals surface area contributed by atoms with Gasteiger partial charge in [0.1, 0.15) is 0 Å². The topological polar surface area (TPSA) is 104 Å². The zero-order valence-electron chi connectivity index (χ0n) is 28.8. The van der Waals surface area contributed by atoms with Crippen LogP contribution in [-0.4, -0.2) is 74.9 Å². The van der Waals surface area contributed by atoms with Gasteiger partial charge >= 0.3 is 0 Å². The molecule has 166 valence electrons. The molecule has 1 aliphatic carbocycles. The molecule has 0 saturated carbocycles. The molecule has 8 nitrogen and oxygen atoms in total. The number of carbonyl (C=O) groups excluding carboxylic acids is 2. The van der Waals surface area contributed by atoms with Gasteiger partial charge in [-0.1, -0.05) is 11.1 Å². The summed E-state index contributed by atoms with van der Waals surface area (Å²) >= 11 is 0. The minimum atomic E-state index is -3.42. The summed E-state index contributed by atoms with van der Waals surface area (Å²) in [5.74, 6) is -1.45. The van der Waals surface area contributed by atoms with Gasteiger partial charge in [-0.15, -0.1) is 47.5 Å². The van der Waals surface area contributed by atoms with E-state index in [4.69, 9.17) is 16.4 Å². The number of carbonyl (C=O) groups is 2. The second-order valence-corrected chi connectivity index (χ2v) is 6.72. The van der Waals surface area contributed by atoms with Crippen LogP contribution in [0.15, 0.2) is 24.3 Å². The molecule has 32 heavy (non-hydrogen) atoms. The third-order valence-electron chi connectivity index (χ3n) is 4.39. The summed E-state index contributed by atoms with van der Waals surface area (Å²) < 4.78 is 83.8. The molecule has 2 aromatic rings. The Morgan fingerprint density at radius 1 is 0.812 bits per heavy atom. The van der Waals surface area contributed by atoms with Crippen molar-refractivity contribution in [2.24, 2.45) is 0 Å². The van der Waals surface area contributed by atoms with Crippen LogP contribution in [0.2, 0.25) is 0 Å². The Hall–Kier alpha value is -0.572. The van der Waals surface area contributed by atoms with Crippen LogP contribution < -0.4 is 10.6 Å². The maximum Gasteiger partial charge on any atom is 0.0954 e. The Labute approximate surface area is 256 Å².